The van der Waals surface area contributed by atoms with Gasteiger partial charge in [-0.25, -0.2) is 4.98 Å². The van der Waals surface area contributed by atoms with E-state index in [-0.39, 0.29) is 29.8 Å². The summed E-state index contributed by atoms with van der Waals surface area (Å²) < 4.78 is 5.84. The second kappa shape index (κ2) is 11.3. The number of hydrogen-bond donors (Lipinski definition) is 3. The van der Waals surface area contributed by atoms with Crippen LogP contribution in [0.3, 0.4) is 0 Å². The summed E-state index contributed by atoms with van der Waals surface area (Å²) in [5.41, 5.74) is 2.10. The number of rotatable bonds is 9. The Morgan fingerprint density at radius 1 is 1.31 bits per heavy atom. The highest BCUT2D eigenvalue weighted by Gasteiger charge is 2.47. The van der Waals surface area contributed by atoms with E-state index in [1.807, 2.05) is 32.2 Å². The van der Waals surface area contributed by atoms with Crippen LogP contribution in [-0.2, 0) is 11.2 Å². The van der Waals surface area contributed by atoms with Crippen molar-refractivity contribution in [2.24, 2.45) is 0 Å². The summed E-state index contributed by atoms with van der Waals surface area (Å²) in [5, 5.41) is 28.6. The van der Waals surface area contributed by atoms with Gasteiger partial charge in [0.25, 0.3) is 5.91 Å². The van der Waals surface area contributed by atoms with Gasteiger partial charge < -0.3 is 20.2 Å². The Balaban J connectivity index is 1.63. The highest BCUT2D eigenvalue weighted by atomic mass is 32.1. The topological polar surface area (TPSA) is 130 Å². The Kier molecular flexibility index (Phi) is 8.15. The maximum Gasteiger partial charge on any atom is 0.251 e. The van der Waals surface area contributed by atoms with Crippen LogP contribution in [0.1, 0.15) is 90.3 Å². The van der Waals surface area contributed by atoms with Crippen LogP contribution in [0.4, 0.5) is 0 Å². The van der Waals surface area contributed by atoms with Crippen LogP contribution >= 0.6 is 11.3 Å². The van der Waals surface area contributed by atoms with Gasteiger partial charge in [0.05, 0.1) is 23.2 Å². The molecular formula is C26H33N5O4S. The molecule has 2 aromatic heterocycles. The summed E-state index contributed by atoms with van der Waals surface area (Å²) in [6.45, 7) is 7.82. The van der Waals surface area contributed by atoms with Gasteiger partial charge in [0.1, 0.15) is 5.92 Å². The summed E-state index contributed by atoms with van der Waals surface area (Å²) in [6, 6.07) is 6.95. The van der Waals surface area contributed by atoms with E-state index in [0.29, 0.717) is 24.3 Å². The van der Waals surface area contributed by atoms with E-state index in [2.05, 4.69) is 32.7 Å². The van der Waals surface area contributed by atoms with Crippen LogP contribution in [0.2, 0.25) is 0 Å². The normalized spacial score (nSPS) is 22.0. The molecule has 9 nitrogen and oxygen atoms in total. The fourth-order valence-electron chi connectivity index (χ4n) is 4.67. The number of nitrogens with zero attached hydrogens (tertiary/aromatic N) is 3. The van der Waals surface area contributed by atoms with E-state index in [1.54, 1.807) is 18.2 Å². The molecule has 0 aliphatic carbocycles. The first-order valence-corrected chi connectivity index (χ1v) is 13.3. The van der Waals surface area contributed by atoms with E-state index >= 15 is 0 Å². The molecule has 0 radical (unpaired) electrons. The molecule has 3 heterocycles. The van der Waals surface area contributed by atoms with Crippen LogP contribution in [0.5, 0.6) is 0 Å². The number of aromatic nitrogens is 3. The number of thiazole rings is 1. The minimum Gasteiger partial charge on any atom is -0.424 e. The van der Waals surface area contributed by atoms with Crippen molar-refractivity contribution in [3.05, 3.63) is 63.3 Å². The number of carbonyl (C=O) groups is 2. The molecular weight excluding hydrogens is 478 g/mol. The summed E-state index contributed by atoms with van der Waals surface area (Å²) in [4.78, 5) is 30.2. The van der Waals surface area contributed by atoms with Gasteiger partial charge in [0.2, 0.25) is 17.7 Å². The van der Waals surface area contributed by atoms with Crippen molar-refractivity contribution in [3.8, 4) is 0 Å². The van der Waals surface area contributed by atoms with Crippen molar-refractivity contribution in [1.82, 2.24) is 25.8 Å². The number of aliphatic hydroxyl groups is 1. The summed E-state index contributed by atoms with van der Waals surface area (Å²) in [6.07, 6.45) is 1.82. The number of hydrogen-bond acceptors (Lipinski definition) is 8. The van der Waals surface area contributed by atoms with Crippen molar-refractivity contribution in [3.63, 3.8) is 0 Å². The molecule has 0 saturated carbocycles. The fraction of sp³-hybridized carbons (Fsp3) is 0.500. The second-order valence-electron chi connectivity index (χ2n) is 9.57. The first-order valence-electron chi connectivity index (χ1n) is 12.4. The zero-order valence-corrected chi connectivity index (χ0v) is 21.8. The van der Waals surface area contributed by atoms with Crippen molar-refractivity contribution < 1.29 is 19.1 Å². The molecule has 1 saturated heterocycles. The highest BCUT2D eigenvalue weighted by molar-refractivity contribution is 7.09. The molecule has 36 heavy (non-hydrogen) atoms. The standard InChI is InChI=1S/C26H33N5O4S/c1-5-6-10-19-21(16-8-7-9-17(11-16)24(33)27-14(2)3)23(32)22(25(34)29-19)26-31-30-20(35-26)12-18-13-36-15(4)28-18/h7-9,11,13-14,19,21-23,32H,5-6,10,12H2,1-4H3,(H,27,33)(H,29,34). The van der Waals surface area contributed by atoms with Crippen LogP contribution in [0, 0.1) is 6.92 Å². The van der Waals surface area contributed by atoms with E-state index < -0.39 is 17.9 Å². The lowest BCUT2D eigenvalue weighted by molar-refractivity contribution is -0.131. The number of piperidine rings is 1. The monoisotopic (exact) mass is 511 g/mol. The van der Waals surface area contributed by atoms with Gasteiger partial charge in [-0.15, -0.1) is 21.5 Å². The van der Waals surface area contributed by atoms with Gasteiger partial charge in [0, 0.05) is 28.9 Å². The molecule has 10 heteroatoms. The van der Waals surface area contributed by atoms with E-state index in [0.717, 1.165) is 29.1 Å². The SMILES string of the molecule is CCCCC1NC(=O)C(c2nnc(Cc3csc(C)n3)o2)C(O)C1c1cccc(C(=O)NC(C)C)c1. The third-order valence-corrected chi connectivity index (χ3v) is 7.15. The number of benzene rings is 1. The Morgan fingerprint density at radius 3 is 2.81 bits per heavy atom. The maximum absolute atomic E-state index is 13.1. The van der Waals surface area contributed by atoms with Gasteiger partial charge in [-0.3, -0.25) is 9.59 Å². The van der Waals surface area contributed by atoms with Crippen molar-refractivity contribution >= 4 is 23.2 Å². The summed E-state index contributed by atoms with van der Waals surface area (Å²) in [5.74, 6) is -1.56. The predicted molar refractivity (Wildman–Crippen MR) is 136 cm³/mol. The van der Waals surface area contributed by atoms with Crippen LogP contribution in [0.25, 0.3) is 0 Å². The number of carbonyl (C=O) groups excluding carboxylic acids is 2. The third-order valence-electron chi connectivity index (χ3n) is 6.32. The predicted octanol–water partition coefficient (Wildman–Crippen LogP) is 3.48. The lowest BCUT2D eigenvalue weighted by Crippen LogP contribution is -2.54. The average molecular weight is 512 g/mol. The molecule has 1 aromatic carbocycles. The van der Waals surface area contributed by atoms with E-state index in [4.69, 9.17) is 4.42 Å². The zero-order chi connectivity index (χ0) is 25.8. The fourth-order valence-corrected chi connectivity index (χ4v) is 5.28. The Labute approximate surface area is 214 Å². The van der Waals surface area contributed by atoms with Gasteiger partial charge in [-0.1, -0.05) is 31.9 Å². The second-order valence-corrected chi connectivity index (χ2v) is 10.6. The number of unbranched alkanes of at least 4 members (excludes halogenated alkanes) is 1. The third kappa shape index (κ3) is 5.82. The van der Waals surface area contributed by atoms with E-state index in [1.165, 1.54) is 11.3 Å². The van der Waals surface area contributed by atoms with Crippen molar-refractivity contribution in [1.29, 1.82) is 0 Å². The molecule has 1 aliphatic rings. The Bertz CT molecular complexity index is 1210. The minimum atomic E-state index is -1.10. The number of amides is 2. The molecule has 4 unspecified atom stereocenters. The average Bonchev–Trinajstić information content (AvgIpc) is 3.46. The van der Waals surface area contributed by atoms with E-state index in [9.17, 15) is 14.7 Å². The lowest BCUT2D eigenvalue weighted by atomic mass is 9.75. The smallest absolute Gasteiger partial charge is 0.251 e. The van der Waals surface area contributed by atoms with Crippen LogP contribution in [-0.4, -0.2) is 50.3 Å². The zero-order valence-electron chi connectivity index (χ0n) is 21.0. The lowest BCUT2D eigenvalue weighted by Gasteiger charge is -2.40. The molecule has 192 valence electrons. The van der Waals surface area contributed by atoms with Crippen LogP contribution < -0.4 is 10.6 Å². The quantitative estimate of drug-likeness (QED) is 0.401. The molecule has 0 bridgehead atoms. The number of nitrogens with one attached hydrogen (secondary N) is 2. The first-order chi connectivity index (χ1) is 17.3. The summed E-state index contributed by atoms with van der Waals surface area (Å²) in [7, 11) is 0. The van der Waals surface area contributed by atoms with Gasteiger partial charge in [-0.05, 0) is 44.9 Å². The molecule has 3 N–H and O–H groups in total. The maximum atomic E-state index is 13.1. The molecule has 2 amide bonds. The highest BCUT2D eigenvalue weighted by Crippen LogP contribution is 2.38. The van der Waals surface area contributed by atoms with Gasteiger partial charge >= 0.3 is 0 Å². The summed E-state index contributed by atoms with van der Waals surface area (Å²) >= 11 is 1.54. The van der Waals surface area contributed by atoms with Gasteiger partial charge in [-0.2, -0.15) is 0 Å². The van der Waals surface area contributed by atoms with Crippen molar-refractivity contribution in [2.75, 3.05) is 0 Å². The van der Waals surface area contributed by atoms with Crippen molar-refractivity contribution in [2.45, 2.75) is 83.4 Å². The Morgan fingerprint density at radius 2 is 2.11 bits per heavy atom. The molecule has 4 rings (SSSR count). The first kappa shape index (κ1) is 26.0. The Hall–Kier alpha value is -3.11. The molecule has 4 atom stereocenters. The van der Waals surface area contributed by atoms with Gasteiger partial charge in [0.15, 0.2) is 0 Å². The largest absolute Gasteiger partial charge is 0.424 e. The molecule has 1 aliphatic heterocycles. The van der Waals surface area contributed by atoms with Crippen LogP contribution in [0.15, 0.2) is 34.1 Å². The molecule has 1 fully saturated rings. The molecule has 0 spiro atoms. The number of aryl methyl sites for hydroxylation is 1. The number of aliphatic hydroxyl groups excluding tert-OH is 1. The molecule has 3 aromatic rings. The minimum absolute atomic E-state index is 0.00214.